The first-order valence-electron chi connectivity index (χ1n) is 5.44. The van der Waals surface area contributed by atoms with Crippen LogP contribution >= 0.6 is 27.5 Å². The molecule has 2 amide bonds. The summed E-state index contributed by atoms with van der Waals surface area (Å²) in [5.74, 6) is -0.469. The summed E-state index contributed by atoms with van der Waals surface area (Å²) in [6, 6.07) is 5.05. The Morgan fingerprint density at radius 1 is 1.44 bits per heavy atom. The van der Waals surface area contributed by atoms with Crippen molar-refractivity contribution in [2.75, 3.05) is 20.1 Å². The largest absolute Gasteiger partial charge is 0.358 e. The number of nitrogens with zero attached hydrogens (tertiary/aromatic N) is 1. The Labute approximate surface area is 119 Å². The fraction of sp³-hybridized carbons (Fsp3) is 0.333. The van der Waals surface area contributed by atoms with Crippen molar-refractivity contribution >= 4 is 39.3 Å². The highest BCUT2D eigenvalue weighted by atomic mass is 79.9. The van der Waals surface area contributed by atoms with Crippen molar-refractivity contribution in [2.24, 2.45) is 0 Å². The molecule has 1 N–H and O–H groups in total. The van der Waals surface area contributed by atoms with Gasteiger partial charge >= 0.3 is 0 Å². The average molecular weight is 334 g/mol. The molecular formula is C12H14BrClN2O2. The van der Waals surface area contributed by atoms with Crippen molar-refractivity contribution in [3.05, 3.63) is 33.3 Å². The fourth-order valence-corrected chi connectivity index (χ4v) is 1.97. The first-order chi connectivity index (χ1) is 8.49. The van der Waals surface area contributed by atoms with Crippen molar-refractivity contribution in [3.63, 3.8) is 0 Å². The van der Waals surface area contributed by atoms with Crippen LogP contribution < -0.4 is 5.32 Å². The number of hydrogen-bond donors (Lipinski definition) is 1. The minimum Gasteiger partial charge on any atom is -0.358 e. The molecular weight excluding hydrogens is 320 g/mol. The third kappa shape index (κ3) is 3.71. The van der Waals surface area contributed by atoms with E-state index in [1.165, 1.54) is 11.9 Å². The van der Waals surface area contributed by atoms with Gasteiger partial charge in [-0.2, -0.15) is 0 Å². The predicted molar refractivity (Wildman–Crippen MR) is 74.8 cm³/mol. The highest BCUT2D eigenvalue weighted by Crippen LogP contribution is 2.22. The summed E-state index contributed by atoms with van der Waals surface area (Å²) in [5, 5.41) is 2.86. The zero-order valence-corrected chi connectivity index (χ0v) is 12.5. The average Bonchev–Trinajstić information content (AvgIpc) is 2.37. The highest BCUT2D eigenvalue weighted by Gasteiger charge is 2.19. The molecule has 0 unspecified atom stereocenters. The number of carbonyl (C=O) groups is 2. The number of rotatable bonds is 4. The van der Waals surface area contributed by atoms with Gasteiger partial charge < -0.3 is 10.2 Å². The summed E-state index contributed by atoms with van der Waals surface area (Å²) >= 11 is 9.29. The molecule has 0 aromatic heterocycles. The molecule has 0 spiro atoms. The monoisotopic (exact) mass is 332 g/mol. The first-order valence-corrected chi connectivity index (χ1v) is 6.61. The van der Waals surface area contributed by atoms with Crippen LogP contribution in [0.5, 0.6) is 0 Å². The second-order valence-corrected chi connectivity index (χ2v) is 4.94. The lowest BCUT2D eigenvalue weighted by molar-refractivity contribution is -0.121. The van der Waals surface area contributed by atoms with E-state index in [9.17, 15) is 9.59 Å². The molecule has 0 bridgehead atoms. The Bertz CT molecular complexity index is 465. The van der Waals surface area contributed by atoms with Crippen LogP contribution in [-0.4, -0.2) is 36.9 Å². The van der Waals surface area contributed by atoms with Gasteiger partial charge in [-0.3, -0.25) is 9.59 Å². The number of nitrogens with one attached hydrogen (secondary N) is 1. The van der Waals surface area contributed by atoms with Crippen molar-refractivity contribution < 1.29 is 9.59 Å². The third-order valence-corrected chi connectivity index (χ3v) is 3.26. The van der Waals surface area contributed by atoms with Crippen molar-refractivity contribution in [1.29, 1.82) is 0 Å². The summed E-state index contributed by atoms with van der Waals surface area (Å²) in [4.78, 5) is 25.0. The van der Waals surface area contributed by atoms with E-state index in [2.05, 4.69) is 21.2 Å². The maximum Gasteiger partial charge on any atom is 0.255 e. The topological polar surface area (TPSA) is 49.4 Å². The van der Waals surface area contributed by atoms with Crippen molar-refractivity contribution in [1.82, 2.24) is 10.2 Å². The molecule has 0 aliphatic carbocycles. The molecule has 0 saturated carbocycles. The van der Waals surface area contributed by atoms with Gasteiger partial charge in [-0.05, 0) is 25.1 Å². The first kappa shape index (κ1) is 15.0. The van der Waals surface area contributed by atoms with Crippen molar-refractivity contribution in [2.45, 2.75) is 6.92 Å². The molecule has 18 heavy (non-hydrogen) atoms. The van der Waals surface area contributed by atoms with E-state index < -0.39 is 0 Å². The van der Waals surface area contributed by atoms with Gasteiger partial charge in [0.25, 0.3) is 5.91 Å². The number of hydrogen-bond acceptors (Lipinski definition) is 2. The number of amides is 2. The molecule has 98 valence electrons. The molecule has 0 heterocycles. The Hall–Kier alpha value is -1.07. The Kier molecular flexibility index (Phi) is 5.62. The van der Waals surface area contributed by atoms with Crippen LogP contribution in [0.2, 0.25) is 5.02 Å². The second-order valence-electron chi connectivity index (χ2n) is 3.62. The van der Waals surface area contributed by atoms with Crippen molar-refractivity contribution in [3.8, 4) is 0 Å². The van der Waals surface area contributed by atoms with E-state index in [1.807, 2.05) is 6.92 Å². The lowest BCUT2D eigenvalue weighted by atomic mass is 10.2. The minimum atomic E-state index is -0.257. The fourth-order valence-electron chi connectivity index (χ4n) is 1.41. The number of carbonyl (C=O) groups excluding carboxylic acids is 2. The Morgan fingerprint density at radius 3 is 2.67 bits per heavy atom. The summed E-state index contributed by atoms with van der Waals surface area (Å²) in [7, 11) is 1.53. The smallest absolute Gasteiger partial charge is 0.255 e. The number of halogens is 2. The zero-order valence-electron chi connectivity index (χ0n) is 10.2. The normalized spacial score (nSPS) is 10.0. The van der Waals surface area contributed by atoms with Crippen LogP contribution in [0, 0.1) is 0 Å². The zero-order chi connectivity index (χ0) is 13.7. The maximum absolute atomic E-state index is 12.2. The highest BCUT2D eigenvalue weighted by molar-refractivity contribution is 9.10. The van der Waals surface area contributed by atoms with E-state index in [0.29, 0.717) is 17.1 Å². The number of likely N-dealkylation sites (N-methyl/N-ethyl adjacent to an activating group) is 2. The molecule has 0 aliphatic heterocycles. The molecule has 1 aromatic rings. The second kappa shape index (κ2) is 6.75. The van der Waals surface area contributed by atoms with Gasteiger partial charge in [0.15, 0.2) is 0 Å². The lowest BCUT2D eigenvalue weighted by Gasteiger charge is -2.20. The summed E-state index contributed by atoms with van der Waals surface area (Å²) in [6.07, 6.45) is 0. The van der Waals surface area contributed by atoms with Gasteiger partial charge in [0.1, 0.15) is 0 Å². The SMILES string of the molecule is CCN(CC(=O)NC)C(=O)c1cc(Br)ccc1Cl. The van der Waals surface area contributed by atoms with Gasteiger partial charge in [0.05, 0.1) is 17.1 Å². The number of benzene rings is 1. The molecule has 0 saturated heterocycles. The van der Waals surface area contributed by atoms with Gasteiger partial charge in [0.2, 0.25) is 5.91 Å². The van der Waals surface area contributed by atoms with Crippen LogP contribution in [0.25, 0.3) is 0 Å². The van der Waals surface area contributed by atoms with Gasteiger partial charge in [-0.1, -0.05) is 27.5 Å². The molecule has 1 rings (SSSR count). The quantitative estimate of drug-likeness (QED) is 0.919. The van der Waals surface area contributed by atoms with E-state index >= 15 is 0 Å². The van der Waals surface area contributed by atoms with E-state index in [1.54, 1.807) is 18.2 Å². The van der Waals surface area contributed by atoms with Gasteiger partial charge in [-0.15, -0.1) is 0 Å². The molecule has 4 nitrogen and oxygen atoms in total. The molecule has 0 aliphatic rings. The van der Waals surface area contributed by atoms with Gasteiger partial charge in [-0.25, -0.2) is 0 Å². The summed E-state index contributed by atoms with van der Waals surface area (Å²) < 4.78 is 0.770. The molecule has 0 atom stereocenters. The van der Waals surface area contributed by atoms with Crippen LogP contribution in [0.4, 0.5) is 0 Å². The standard InChI is InChI=1S/C12H14BrClN2O2/c1-3-16(7-11(17)15-2)12(18)9-6-8(13)4-5-10(9)14/h4-6H,3,7H2,1-2H3,(H,15,17). The molecule has 6 heteroatoms. The Morgan fingerprint density at radius 2 is 2.11 bits per heavy atom. The molecule has 1 aromatic carbocycles. The van der Waals surface area contributed by atoms with E-state index in [0.717, 1.165) is 4.47 Å². The van der Waals surface area contributed by atoms with Gasteiger partial charge in [0, 0.05) is 18.1 Å². The van der Waals surface area contributed by atoms with E-state index in [-0.39, 0.29) is 18.4 Å². The summed E-state index contributed by atoms with van der Waals surface area (Å²) in [6.45, 7) is 2.27. The van der Waals surface area contributed by atoms with E-state index in [4.69, 9.17) is 11.6 Å². The van der Waals surface area contributed by atoms with Crippen LogP contribution in [0.15, 0.2) is 22.7 Å². The van der Waals surface area contributed by atoms with Crippen LogP contribution in [0.3, 0.4) is 0 Å². The lowest BCUT2D eigenvalue weighted by Crippen LogP contribution is -2.39. The maximum atomic E-state index is 12.2. The van der Waals surface area contributed by atoms with Crippen LogP contribution in [0.1, 0.15) is 17.3 Å². The van der Waals surface area contributed by atoms with Crippen LogP contribution in [-0.2, 0) is 4.79 Å². The third-order valence-electron chi connectivity index (χ3n) is 2.44. The molecule has 0 radical (unpaired) electrons. The molecule has 0 fully saturated rings. The minimum absolute atomic E-state index is 0.0225. The Balaban J connectivity index is 2.96. The predicted octanol–water partition coefficient (Wildman–Crippen LogP) is 2.31. The summed E-state index contributed by atoms with van der Waals surface area (Å²) in [5.41, 5.74) is 0.386.